The summed E-state index contributed by atoms with van der Waals surface area (Å²) in [6.45, 7) is 3.13. The second kappa shape index (κ2) is 13.3. The number of rotatable bonds is 8. The number of fused-ring (bicyclic) bond motifs is 1. The van der Waals surface area contributed by atoms with E-state index in [1.807, 2.05) is 0 Å². The van der Waals surface area contributed by atoms with E-state index in [1.54, 1.807) is 19.1 Å². The summed E-state index contributed by atoms with van der Waals surface area (Å²) < 4.78 is 65.3. The lowest BCUT2D eigenvalue weighted by molar-refractivity contribution is 0.170. The van der Waals surface area contributed by atoms with Crippen LogP contribution in [0.1, 0.15) is 12.5 Å². The summed E-state index contributed by atoms with van der Waals surface area (Å²) in [5.41, 5.74) is 8.18. The third-order valence-electron chi connectivity index (χ3n) is 8.21. The molecule has 5 aromatic rings. The van der Waals surface area contributed by atoms with Gasteiger partial charge in [0.1, 0.15) is 33.5 Å². The molecule has 0 bridgehead atoms. The second-order valence-corrected chi connectivity index (χ2v) is 14.5. The highest BCUT2D eigenvalue weighted by atomic mass is 32.2. The van der Waals surface area contributed by atoms with Crippen LogP contribution in [-0.4, -0.2) is 64.3 Å². The Morgan fingerprint density at radius 1 is 0.731 bits per heavy atom. The van der Waals surface area contributed by atoms with Gasteiger partial charge in [-0.2, -0.15) is 32.2 Å². The molecule has 268 valence electrons. The lowest BCUT2D eigenvalue weighted by Gasteiger charge is -2.20. The van der Waals surface area contributed by atoms with Gasteiger partial charge >= 0.3 is 0 Å². The molecule has 0 aliphatic carbocycles. The van der Waals surface area contributed by atoms with Crippen LogP contribution in [-0.2, 0) is 20.2 Å². The van der Waals surface area contributed by atoms with Crippen LogP contribution < -0.4 is 10.7 Å². The normalized spacial score (nSPS) is 16.7. The van der Waals surface area contributed by atoms with Gasteiger partial charge in [0.05, 0.1) is 21.7 Å². The van der Waals surface area contributed by atoms with Crippen molar-refractivity contribution in [1.82, 2.24) is 0 Å². The number of hydrogen-bond donors (Lipinski definition) is 7. The highest BCUT2D eigenvalue weighted by molar-refractivity contribution is 7.86. The van der Waals surface area contributed by atoms with Gasteiger partial charge in [0.15, 0.2) is 18.0 Å². The molecule has 8 N–H and O–H groups in total. The average molecular weight is 748 g/mol. The third kappa shape index (κ3) is 6.85. The Balaban J connectivity index is 1.19. The van der Waals surface area contributed by atoms with Crippen LogP contribution in [0.25, 0.3) is 21.9 Å². The van der Waals surface area contributed by atoms with E-state index in [9.17, 15) is 46.4 Å². The summed E-state index contributed by atoms with van der Waals surface area (Å²) in [7, 11) is -9.03. The van der Waals surface area contributed by atoms with Crippen molar-refractivity contribution in [3.63, 3.8) is 0 Å². The second-order valence-electron chi connectivity index (χ2n) is 11.7. The molecule has 0 saturated heterocycles. The van der Waals surface area contributed by atoms with Gasteiger partial charge in [0.25, 0.3) is 20.2 Å². The van der Waals surface area contributed by atoms with Gasteiger partial charge in [-0.05, 0) is 91.2 Å². The van der Waals surface area contributed by atoms with Crippen molar-refractivity contribution in [3.8, 4) is 28.4 Å². The maximum atomic E-state index is 11.9. The zero-order chi connectivity index (χ0) is 37.7. The standard InChI is InChI=1S/C33H29N7O10S2/c1-16-13-28(52(48,49)50)22-9-12-25(32(43)29(22)30(16)34)37-35-23-10-3-18(14-26(23)41)19-4-11-24(27(42)15-19)36-38-31-17(2)39-40(33(31)44)20-5-7-21(8-6-20)51(45,46)47/h3-15,31,33,41-44H,34H2,1-2H3,(H,45,46,47)(H,48,49,50). The van der Waals surface area contributed by atoms with Crippen molar-refractivity contribution in [3.05, 3.63) is 84.4 Å². The van der Waals surface area contributed by atoms with E-state index in [4.69, 9.17) is 5.73 Å². The summed E-state index contributed by atoms with van der Waals surface area (Å²) in [4.78, 5) is -0.751. The van der Waals surface area contributed by atoms with Crippen molar-refractivity contribution in [2.45, 2.75) is 35.9 Å². The molecular weight excluding hydrogens is 719 g/mol. The van der Waals surface area contributed by atoms with Gasteiger partial charge in [-0.25, -0.2) is 5.01 Å². The molecule has 0 aromatic heterocycles. The fourth-order valence-corrected chi connectivity index (χ4v) is 6.72. The van der Waals surface area contributed by atoms with Crippen molar-refractivity contribution in [2.75, 3.05) is 10.7 Å². The van der Waals surface area contributed by atoms with Gasteiger partial charge in [-0.1, -0.05) is 18.2 Å². The van der Waals surface area contributed by atoms with Crippen LogP contribution in [0.5, 0.6) is 17.2 Å². The van der Waals surface area contributed by atoms with Crippen LogP contribution >= 0.6 is 0 Å². The SMILES string of the molecule is CC1=NN(c2ccc(S(=O)(=O)O)cc2)C(O)C1N=Nc1ccc(-c2ccc(N=Nc3ccc4c(S(=O)(=O)O)cc(C)c(N)c4c3O)c(O)c2)cc1O. The molecule has 17 nitrogen and oxygen atoms in total. The molecule has 2 unspecified atom stereocenters. The molecule has 0 radical (unpaired) electrons. The summed E-state index contributed by atoms with van der Waals surface area (Å²) in [6.07, 6.45) is -1.30. The van der Waals surface area contributed by atoms with Crippen LogP contribution in [0.4, 0.5) is 28.4 Å². The monoisotopic (exact) mass is 747 g/mol. The first-order chi connectivity index (χ1) is 24.4. The number of azo groups is 2. The Kier molecular flexibility index (Phi) is 9.15. The van der Waals surface area contributed by atoms with E-state index in [0.29, 0.717) is 28.1 Å². The van der Waals surface area contributed by atoms with E-state index in [0.717, 1.165) is 12.1 Å². The maximum Gasteiger partial charge on any atom is 0.295 e. The number of hydrogen-bond acceptors (Lipinski definition) is 15. The molecule has 19 heteroatoms. The Morgan fingerprint density at radius 2 is 1.29 bits per heavy atom. The first-order valence-corrected chi connectivity index (χ1v) is 17.9. The van der Waals surface area contributed by atoms with E-state index in [-0.39, 0.29) is 49.9 Å². The van der Waals surface area contributed by atoms with E-state index >= 15 is 0 Å². The third-order valence-corrected chi connectivity index (χ3v) is 9.97. The van der Waals surface area contributed by atoms with Gasteiger partial charge < -0.3 is 26.2 Å². The maximum absolute atomic E-state index is 11.9. The molecule has 0 fully saturated rings. The number of nitrogen functional groups attached to an aromatic ring is 1. The van der Waals surface area contributed by atoms with Crippen molar-refractivity contribution in [1.29, 1.82) is 0 Å². The molecule has 0 saturated carbocycles. The number of hydrazone groups is 1. The van der Waals surface area contributed by atoms with Crippen molar-refractivity contribution >= 4 is 65.2 Å². The van der Waals surface area contributed by atoms with E-state index < -0.39 is 43.2 Å². The number of phenols is 3. The lowest BCUT2D eigenvalue weighted by Crippen LogP contribution is -2.35. The Morgan fingerprint density at radius 3 is 1.85 bits per heavy atom. The van der Waals surface area contributed by atoms with E-state index in [1.165, 1.54) is 66.5 Å². The summed E-state index contributed by atoms with van der Waals surface area (Å²) in [5.74, 6) is -1.04. The predicted octanol–water partition coefficient (Wildman–Crippen LogP) is 6.09. The molecule has 2 atom stereocenters. The molecule has 0 spiro atoms. The van der Waals surface area contributed by atoms with Crippen LogP contribution in [0.3, 0.4) is 0 Å². The molecule has 52 heavy (non-hydrogen) atoms. The Bertz CT molecular complexity index is 2580. The van der Waals surface area contributed by atoms with Crippen LogP contribution in [0.15, 0.2) is 114 Å². The van der Waals surface area contributed by atoms with Gasteiger partial charge in [-0.15, -0.1) is 10.2 Å². The number of nitrogens with two attached hydrogens (primary N) is 1. The number of aliphatic hydroxyl groups is 1. The number of aromatic hydroxyl groups is 3. The minimum atomic E-state index is -4.63. The summed E-state index contributed by atoms with van der Waals surface area (Å²) in [6, 6.07) is 16.8. The minimum Gasteiger partial charge on any atom is -0.506 e. The number of benzene rings is 5. The van der Waals surface area contributed by atoms with Crippen LogP contribution in [0, 0.1) is 6.92 Å². The molecular formula is C33H29N7O10S2. The molecule has 1 aliphatic rings. The molecule has 1 aliphatic heterocycles. The number of aliphatic hydroxyl groups excluding tert-OH is 1. The first-order valence-electron chi connectivity index (χ1n) is 15.0. The lowest BCUT2D eigenvalue weighted by atomic mass is 10.0. The number of nitrogens with zero attached hydrogens (tertiary/aromatic N) is 6. The van der Waals surface area contributed by atoms with Crippen molar-refractivity contribution < 1.29 is 46.4 Å². The number of anilines is 2. The van der Waals surface area contributed by atoms with Crippen molar-refractivity contribution in [2.24, 2.45) is 25.6 Å². The summed E-state index contributed by atoms with van der Waals surface area (Å²) in [5, 5.41) is 64.8. The Hall–Kier alpha value is -5.99. The van der Waals surface area contributed by atoms with Gasteiger partial charge in [0.2, 0.25) is 0 Å². The minimum absolute atomic E-state index is 0.0130. The topological polar surface area (TPSA) is 281 Å². The predicted molar refractivity (Wildman–Crippen MR) is 190 cm³/mol. The fourth-order valence-electron chi connectivity index (χ4n) is 5.47. The fraction of sp³-hybridized carbons (Fsp3) is 0.121. The quantitative estimate of drug-likeness (QED) is 0.0539. The number of phenolic OH excluding ortho intramolecular Hbond substituents is 3. The summed E-state index contributed by atoms with van der Waals surface area (Å²) >= 11 is 0. The highest BCUT2D eigenvalue weighted by Gasteiger charge is 2.35. The molecule has 0 amide bonds. The van der Waals surface area contributed by atoms with E-state index in [2.05, 4.69) is 25.6 Å². The molecule has 1 heterocycles. The first kappa shape index (κ1) is 35.8. The van der Waals surface area contributed by atoms with Crippen LogP contribution in [0.2, 0.25) is 0 Å². The Labute approximate surface area is 295 Å². The zero-order valence-corrected chi connectivity index (χ0v) is 28.7. The molecule has 5 aromatic carbocycles. The average Bonchev–Trinajstić information content (AvgIpc) is 3.37. The van der Waals surface area contributed by atoms with Gasteiger partial charge in [0, 0.05) is 11.1 Å². The largest absolute Gasteiger partial charge is 0.506 e. The van der Waals surface area contributed by atoms with Gasteiger partial charge in [-0.3, -0.25) is 9.11 Å². The number of aryl methyl sites for hydroxylation is 1. The zero-order valence-electron chi connectivity index (χ0n) is 27.1. The smallest absolute Gasteiger partial charge is 0.295 e. The highest BCUT2D eigenvalue weighted by Crippen LogP contribution is 2.43. The molecule has 6 rings (SSSR count).